The molecule has 0 saturated carbocycles. The van der Waals surface area contributed by atoms with Crippen LogP contribution in [0.2, 0.25) is 0 Å². The second-order valence-electron chi connectivity index (χ2n) is 2.99. The number of hydrogen-bond donors (Lipinski definition) is 3. The van der Waals surface area contributed by atoms with Crippen LogP contribution in [0.15, 0.2) is 23.5 Å². The number of nitrogens with two attached hydrogens (primary N) is 2. The number of anilines is 2. The van der Waals surface area contributed by atoms with E-state index in [1.165, 1.54) is 0 Å². The Labute approximate surface area is 126 Å². The van der Waals surface area contributed by atoms with Crippen molar-refractivity contribution in [3.05, 3.63) is 30.7 Å². The number of halogens is 2. The maximum Gasteiger partial charge on any atom is 0.169 e. The van der Waals surface area contributed by atoms with Crippen molar-refractivity contribution in [2.75, 3.05) is 11.1 Å². The molecule has 0 aliphatic rings. The molecule has 0 aromatic heterocycles. The van der Waals surface area contributed by atoms with Crippen LogP contribution in [0.3, 0.4) is 0 Å². The van der Waals surface area contributed by atoms with Crippen molar-refractivity contribution >= 4 is 56.6 Å². The summed E-state index contributed by atoms with van der Waals surface area (Å²) in [6.45, 7) is 0. The normalized spacial score (nSPS) is 8.94. The predicted molar refractivity (Wildman–Crippen MR) is 82.4 cm³/mol. The summed E-state index contributed by atoms with van der Waals surface area (Å²) in [5.41, 5.74) is 12.4. The van der Waals surface area contributed by atoms with Crippen LogP contribution >= 0.6 is 45.2 Å². The van der Waals surface area contributed by atoms with Gasteiger partial charge in [0.2, 0.25) is 0 Å². The van der Waals surface area contributed by atoms with E-state index in [1.54, 1.807) is 18.2 Å². The van der Waals surface area contributed by atoms with Crippen molar-refractivity contribution in [2.45, 2.75) is 0 Å². The van der Waals surface area contributed by atoms with Gasteiger partial charge in [0.05, 0.1) is 11.4 Å². The Kier molecular flexibility index (Phi) is 4.84. The summed E-state index contributed by atoms with van der Waals surface area (Å²) in [6.07, 6.45) is 0. The zero-order chi connectivity index (χ0) is 13.0. The molecule has 1 aromatic rings. The summed E-state index contributed by atoms with van der Waals surface area (Å²) in [5.74, 6) is -0.000463. The molecule has 5 nitrogen and oxygen atoms in total. The van der Waals surface area contributed by atoms with E-state index in [1.807, 2.05) is 6.07 Å². The van der Waals surface area contributed by atoms with Gasteiger partial charge in [-0.25, -0.2) is 0 Å². The van der Waals surface area contributed by atoms with Crippen LogP contribution < -0.4 is 16.8 Å². The molecule has 0 unspecified atom stereocenters. The van der Waals surface area contributed by atoms with Crippen LogP contribution in [-0.2, 0) is 0 Å². The molecular weight excluding hydrogens is 444 g/mol. The molecule has 0 aliphatic heterocycles. The van der Waals surface area contributed by atoms with Gasteiger partial charge in [0, 0.05) is 7.14 Å². The van der Waals surface area contributed by atoms with E-state index in [9.17, 15) is 0 Å². The first kappa shape index (κ1) is 13.9. The van der Waals surface area contributed by atoms with E-state index >= 15 is 0 Å². The fraction of sp³-hybridized carbons (Fsp3) is 0. The van der Waals surface area contributed by atoms with Crippen LogP contribution in [-0.4, -0.2) is 0 Å². The summed E-state index contributed by atoms with van der Waals surface area (Å²) in [5, 5.41) is 20.1. The molecule has 0 saturated heterocycles. The van der Waals surface area contributed by atoms with Gasteiger partial charge >= 0.3 is 0 Å². The molecule has 0 radical (unpaired) electrons. The van der Waals surface area contributed by atoms with Crippen LogP contribution in [0.5, 0.6) is 0 Å². The third-order valence-electron chi connectivity index (χ3n) is 1.86. The minimum atomic E-state index is -0.168. The molecule has 7 heteroatoms. The lowest BCUT2D eigenvalue weighted by Crippen LogP contribution is -2.13. The Morgan fingerprint density at radius 2 is 1.82 bits per heavy atom. The zero-order valence-corrected chi connectivity index (χ0v) is 12.8. The van der Waals surface area contributed by atoms with E-state index in [0.717, 1.165) is 7.14 Å². The van der Waals surface area contributed by atoms with Gasteiger partial charge in [0.15, 0.2) is 5.57 Å². The number of nitrogen functional groups attached to an aromatic ring is 1. The van der Waals surface area contributed by atoms with E-state index in [0.29, 0.717) is 11.4 Å². The van der Waals surface area contributed by atoms with Crippen molar-refractivity contribution in [3.8, 4) is 12.1 Å². The predicted octanol–water partition coefficient (Wildman–Crippen LogP) is 2.11. The Morgan fingerprint density at radius 1 is 1.24 bits per heavy atom. The summed E-state index contributed by atoms with van der Waals surface area (Å²) in [7, 11) is 0. The highest BCUT2D eigenvalue weighted by molar-refractivity contribution is 14.1. The highest BCUT2D eigenvalue weighted by Crippen LogP contribution is 2.28. The summed E-state index contributed by atoms with van der Waals surface area (Å²) in [4.78, 5) is 0. The Hall–Kier alpha value is -1.20. The first-order valence-corrected chi connectivity index (χ1v) is 6.46. The third kappa shape index (κ3) is 3.38. The Balaban J connectivity index is 3.19. The lowest BCUT2D eigenvalue weighted by molar-refractivity contribution is 1.27. The van der Waals surface area contributed by atoms with Crippen LogP contribution in [0, 0.1) is 29.8 Å². The topological polar surface area (TPSA) is 112 Å². The number of allylic oxidation sites excluding steroid dienone is 1. The smallest absolute Gasteiger partial charge is 0.169 e. The minimum absolute atomic E-state index is 0.000463. The summed E-state index contributed by atoms with van der Waals surface area (Å²) >= 11 is 4.24. The molecular formula is C10H7I2N5. The number of benzene rings is 1. The molecule has 0 heterocycles. The van der Waals surface area contributed by atoms with Crippen LogP contribution in [0.25, 0.3) is 0 Å². The van der Waals surface area contributed by atoms with E-state index in [2.05, 4.69) is 50.5 Å². The molecule has 17 heavy (non-hydrogen) atoms. The van der Waals surface area contributed by atoms with Gasteiger partial charge in [0.25, 0.3) is 0 Å². The number of nitrogens with one attached hydrogen (secondary N) is 1. The highest BCUT2D eigenvalue weighted by Gasteiger charge is 2.08. The van der Waals surface area contributed by atoms with Gasteiger partial charge < -0.3 is 16.8 Å². The number of rotatable bonds is 2. The van der Waals surface area contributed by atoms with Crippen molar-refractivity contribution in [1.29, 1.82) is 10.5 Å². The van der Waals surface area contributed by atoms with E-state index in [4.69, 9.17) is 22.0 Å². The summed E-state index contributed by atoms with van der Waals surface area (Å²) in [6, 6.07) is 7.12. The lowest BCUT2D eigenvalue weighted by atomic mass is 10.2. The standard InChI is InChI=1S/C10H7I2N5/c11-6-1-7(12)9(15)8(2-6)17-10(16)5(3-13)4-14/h1-2,17H,15-16H2. The molecule has 0 aliphatic carbocycles. The largest absolute Gasteiger partial charge is 0.396 e. The minimum Gasteiger partial charge on any atom is -0.396 e. The van der Waals surface area contributed by atoms with E-state index < -0.39 is 0 Å². The van der Waals surface area contributed by atoms with Crippen molar-refractivity contribution in [1.82, 2.24) is 0 Å². The average Bonchev–Trinajstić information content (AvgIpc) is 2.27. The Bertz CT molecular complexity index is 549. The van der Waals surface area contributed by atoms with Crippen molar-refractivity contribution < 1.29 is 0 Å². The fourth-order valence-corrected chi connectivity index (χ4v) is 2.89. The lowest BCUT2D eigenvalue weighted by Gasteiger charge is -2.11. The number of nitriles is 2. The zero-order valence-electron chi connectivity index (χ0n) is 8.46. The van der Waals surface area contributed by atoms with Crippen LogP contribution in [0.4, 0.5) is 11.4 Å². The molecule has 5 N–H and O–H groups in total. The number of nitrogens with zero attached hydrogens (tertiary/aromatic N) is 2. The van der Waals surface area contributed by atoms with Gasteiger partial charge in [-0.3, -0.25) is 0 Å². The van der Waals surface area contributed by atoms with Crippen molar-refractivity contribution in [2.24, 2.45) is 5.73 Å². The summed E-state index contributed by atoms with van der Waals surface area (Å²) < 4.78 is 1.85. The number of hydrogen-bond acceptors (Lipinski definition) is 5. The fourth-order valence-electron chi connectivity index (χ4n) is 1.04. The molecule has 0 amide bonds. The van der Waals surface area contributed by atoms with Gasteiger partial charge in [-0.1, -0.05) is 0 Å². The molecule has 0 fully saturated rings. The van der Waals surface area contributed by atoms with Gasteiger partial charge in [-0.2, -0.15) is 10.5 Å². The second kappa shape index (κ2) is 5.93. The maximum absolute atomic E-state index is 8.67. The first-order valence-electron chi connectivity index (χ1n) is 4.31. The van der Waals surface area contributed by atoms with Crippen LogP contribution in [0.1, 0.15) is 0 Å². The molecule has 0 atom stereocenters. The van der Waals surface area contributed by atoms with E-state index in [-0.39, 0.29) is 11.4 Å². The molecule has 86 valence electrons. The van der Waals surface area contributed by atoms with Gasteiger partial charge in [-0.05, 0) is 57.3 Å². The monoisotopic (exact) mass is 451 g/mol. The van der Waals surface area contributed by atoms with Gasteiger partial charge in [0.1, 0.15) is 18.0 Å². The molecule has 1 aromatic carbocycles. The van der Waals surface area contributed by atoms with Gasteiger partial charge in [-0.15, -0.1) is 0 Å². The maximum atomic E-state index is 8.67. The second-order valence-corrected chi connectivity index (χ2v) is 5.39. The molecule has 0 bridgehead atoms. The van der Waals surface area contributed by atoms with Crippen molar-refractivity contribution in [3.63, 3.8) is 0 Å². The average molecular weight is 451 g/mol. The first-order chi connectivity index (χ1) is 7.99. The SMILES string of the molecule is N#CC(C#N)=C(N)Nc1cc(I)cc(I)c1N. The third-order valence-corrected chi connectivity index (χ3v) is 3.37. The highest BCUT2D eigenvalue weighted by atomic mass is 127. The Morgan fingerprint density at radius 3 is 2.35 bits per heavy atom. The molecule has 1 rings (SSSR count). The quantitative estimate of drug-likeness (QED) is 0.363. The molecule has 0 spiro atoms.